The molecule has 27 heavy (non-hydrogen) atoms. The molecule has 2 fully saturated rings. The maximum Gasteiger partial charge on any atom is 0.308 e. The fourth-order valence-electron chi connectivity index (χ4n) is 3.73. The molecule has 5 nitrogen and oxygen atoms in total. The van der Waals surface area contributed by atoms with E-state index in [4.69, 9.17) is 16.3 Å². The zero-order chi connectivity index (χ0) is 18.5. The summed E-state index contributed by atoms with van der Waals surface area (Å²) in [7, 11) is 1.80. The lowest BCUT2D eigenvalue weighted by molar-refractivity contribution is -0.149. The first kappa shape index (κ1) is 22.3. The molecule has 0 heterocycles. The number of esters is 1. The van der Waals surface area contributed by atoms with E-state index in [-0.39, 0.29) is 35.9 Å². The van der Waals surface area contributed by atoms with Crippen molar-refractivity contribution in [3.63, 3.8) is 0 Å². The van der Waals surface area contributed by atoms with Gasteiger partial charge in [0.25, 0.3) is 0 Å². The Kier molecular flexibility index (Phi) is 8.66. The van der Waals surface area contributed by atoms with Crippen molar-refractivity contribution in [3.05, 3.63) is 34.9 Å². The zero-order valence-corrected chi connectivity index (χ0v) is 19.0. The van der Waals surface area contributed by atoms with Gasteiger partial charge in [-0.3, -0.25) is 9.79 Å². The van der Waals surface area contributed by atoms with E-state index in [2.05, 4.69) is 21.7 Å². The van der Waals surface area contributed by atoms with Crippen molar-refractivity contribution in [1.29, 1.82) is 0 Å². The number of carbonyl (C=O) groups is 1. The van der Waals surface area contributed by atoms with Gasteiger partial charge < -0.3 is 15.4 Å². The number of benzene rings is 1. The van der Waals surface area contributed by atoms with E-state index in [9.17, 15) is 4.79 Å². The average molecular weight is 506 g/mol. The molecule has 7 heteroatoms. The highest BCUT2D eigenvalue weighted by Gasteiger charge is 2.39. The molecule has 2 saturated carbocycles. The first-order chi connectivity index (χ1) is 12.6. The van der Waals surface area contributed by atoms with Crippen LogP contribution in [0.3, 0.4) is 0 Å². The Labute approximate surface area is 183 Å². The second kappa shape index (κ2) is 10.5. The largest absolute Gasteiger partial charge is 0.466 e. The van der Waals surface area contributed by atoms with Gasteiger partial charge in [0.15, 0.2) is 5.96 Å². The molecule has 1 aromatic carbocycles. The molecule has 2 aliphatic carbocycles. The predicted molar refractivity (Wildman–Crippen MR) is 120 cm³/mol. The summed E-state index contributed by atoms with van der Waals surface area (Å²) in [4.78, 5) is 16.2. The molecular formula is C20H29ClIN3O2. The van der Waals surface area contributed by atoms with E-state index in [1.807, 2.05) is 25.1 Å². The van der Waals surface area contributed by atoms with Crippen LogP contribution in [0.25, 0.3) is 0 Å². The highest BCUT2D eigenvalue weighted by molar-refractivity contribution is 14.0. The molecule has 3 rings (SSSR count). The molecule has 1 aromatic rings. The predicted octanol–water partition coefficient (Wildman–Crippen LogP) is 4.10. The Hall–Kier alpha value is -1.02. The minimum absolute atomic E-state index is 0. The zero-order valence-electron chi connectivity index (χ0n) is 15.9. The number of carbonyl (C=O) groups excluding carboxylic acids is 1. The van der Waals surface area contributed by atoms with Crippen molar-refractivity contribution in [2.45, 2.75) is 57.0 Å². The summed E-state index contributed by atoms with van der Waals surface area (Å²) in [6.07, 6.45) is 4.78. The van der Waals surface area contributed by atoms with E-state index in [0.29, 0.717) is 24.6 Å². The van der Waals surface area contributed by atoms with Crippen molar-refractivity contribution >= 4 is 47.5 Å². The molecule has 2 unspecified atom stereocenters. The van der Waals surface area contributed by atoms with Crippen LogP contribution in [0.1, 0.15) is 50.5 Å². The molecule has 0 radical (unpaired) electrons. The molecule has 2 atom stereocenters. The summed E-state index contributed by atoms with van der Waals surface area (Å²) < 4.78 is 5.14. The standard InChI is InChI=1S/C20H28ClN3O2.HI/c1-3-26-19(25)13-7-9-16(10-8-13)23-20(22-2)24-18-12-17(18)14-5-4-6-15(21)11-14;/h4-6,11,13,16-18H,3,7-10,12H2,1-2H3,(H2,22,23,24);1H. The van der Waals surface area contributed by atoms with Crippen LogP contribution in [-0.2, 0) is 9.53 Å². The van der Waals surface area contributed by atoms with E-state index in [0.717, 1.165) is 43.1 Å². The Morgan fingerprint density at radius 1 is 1.26 bits per heavy atom. The highest BCUT2D eigenvalue weighted by atomic mass is 127. The van der Waals surface area contributed by atoms with E-state index < -0.39 is 0 Å². The monoisotopic (exact) mass is 505 g/mol. The normalized spacial score (nSPS) is 27.3. The number of hydrogen-bond donors (Lipinski definition) is 2. The Bertz CT molecular complexity index is 662. The lowest BCUT2D eigenvalue weighted by atomic mass is 9.86. The lowest BCUT2D eigenvalue weighted by Crippen LogP contribution is -2.46. The number of rotatable bonds is 5. The number of guanidine groups is 1. The Morgan fingerprint density at radius 2 is 2.00 bits per heavy atom. The minimum atomic E-state index is -0.0456. The maximum absolute atomic E-state index is 11.8. The van der Waals surface area contributed by atoms with Crippen LogP contribution in [0.4, 0.5) is 0 Å². The number of ether oxygens (including phenoxy) is 1. The van der Waals surface area contributed by atoms with Crippen molar-refractivity contribution in [2.24, 2.45) is 10.9 Å². The fraction of sp³-hybridized carbons (Fsp3) is 0.600. The first-order valence-corrected chi connectivity index (χ1v) is 9.90. The molecule has 2 N–H and O–H groups in total. The van der Waals surface area contributed by atoms with Crippen molar-refractivity contribution < 1.29 is 9.53 Å². The summed E-state index contributed by atoms with van der Waals surface area (Å²) in [6, 6.07) is 8.84. The third-order valence-corrected chi connectivity index (χ3v) is 5.54. The third kappa shape index (κ3) is 6.24. The Morgan fingerprint density at radius 3 is 2.63 bits per heavy atom. The molecule has 2 aliphatic rings. The van der Waals surface area contributed by atoms with Crippen LogP contribution in [0.15, 0.2) is 29.3 Å². The van der Waals surface area contributed by atoms with E-state index in [1.54, 1.807) is 7.05 Å². The number of nitrogens with one attached hydrogen (secondary N) is 2. The van der Waals surface area contributed by atoms with Gasteiger partial charge in [-0.15, -0.1) is 24.0 Å². The molecule has 0 saturated heterocycles. The van der Waals surface area contributed by atoms with Crippen LogP contribution >= 0.6 is 35.6 Å². The second-order valence-electron chi connectivity index (χ2n) is 7.17. The SMILES string of the molecule is CCOC(=O)C1CCC(NC(=NC)NC2CC2c2cccc(Cl)c2)CC1.I. The van der Waals surface area contributed by atoms with Gasteiger partial charge in [0, 0.05) is 30.1 Å². The molecule has 0 aliphatic heterocycles. The van der Waals surface area contributed by atoms with E-state index in [1.165, 1.54) is 5.56 Å². The van der Waals surface area contributed by atoms with Crippen LogP contribution < -0.4 is 10.6 Å². The summed E-state index contributed by atoms with van der Waals surface area (Å²) >= 11 is 6.09. The van der Waals surface area contributed by atoms with Crippen LogP contribution in [0.5, 0.6) is 0 Å². The average Bonchev–Trinajstić information content (AvgIpc) is 3.41. The van der Waals surface area contributed by atoms with Gasteiger partial charge in [-0.05, 0) is 56.7 Å². The summed E-state index contributed by atoms with van der Waals surface area (Å²) in [6.45, 7) is 2.32. The summed E-state index contributed by atoms with van der Waals surface area (Å²) in [5.74, 6) is 1.35. The van der Waals surface area contributed by atoms with Gasteiger partial charge in [0.05, 0.1) is 12.5 Å². The maximum atomic E-state index is 11.8. The minimum Gasteiger partial charge on any atom is -0.466 e. The van der Waals surface area contributed by atoms with Gasteiger partial charge in [-0.2, -0.15) is 0 Å². The number of aliphatic imine (C=N–C) groups is 1. The topological polar surface area (TPSA) is 62.7 Å². The lowest BCUT2D eigenvalue weighted by Gasteiger charge is -2.29. The quantitative estimate of drug-likeness (QED) is 0.274. The summed E-state index contributed by atoms with van der Waals surface area (Å²) in [5, 5.41) is 7.81. The molecular weight excluding hydrogens is 477 g/mol. The number of hydrogen-bond acceptors (Lipinski definition) is 3. The van der Waals surface area contributed by atoms with Crippen LogP contribution in [0, 0.1) is 5.92 Å². The van der Waals surface area contributed by atoms with E-state index >= 15 is 0 Å². The van der Waals surface area contributed by atoms with Crippen molar-refractivity contribution in [2.75, 3.05) is 13.7 Å². The third-order valence-electron chi connectivity index (χ3n) is 5.30. The first-order valence-electron chi connectivity index (χ1n) is 9.52. The molecule has 0 amide bonds. The second-order valence-corrected chi connectivity index (χ2v) is 7.60. The van der Waals surface area contributed by atoms with Gasteiger partial charge in [-0.25, -0.2) is 0 Å². The van der Waals surface area contributed by atoms with Crippen molar-refractivity contribution in [1.82, 2.24) is 10.6 Å². The van der Waals surface area contributed by atoms with Crippen LogP contribution in [-0.4, -0.2) is 37.7 Å². The van der Waals surface area contributed by atoms with Gasteiger partial charge in [0.2, 0.25) is 0 Å². The highest BCUT2D eigenvalue weighted by Crippen LogP contribution is 2.41. The number of nitrogens with zero attached hydrogens (tertiary/aromatic N) is 1. The fourth-order valence-corrected chi connectivity index (χ4v) is 3.93. The Balaban J connectivity index is 0.00000261. The molecule has 0 spiro atoms. The molecule has 0 aromatic heterocycles. The van der Waals surface area contributed by atoms with Gasteiger partial charge >= 0.3 is 5.97 Å². The van der Waals surface area contributed by atoms with Gasteiger partial charge in [0.1, 0.15) is 0 Å². The number of halogens is 2. The van der Waals surface area contributed by atoms with Crippen molar-refractivity contribution in [3.8, 4) is 0 Å². The molecule has 150 valence electrons. The van der Waals surface area contributed by atoms with Crippen LogP contribution in [0.2, 0.25) is 5.02 Å². The summed E-state index contributed by atoms with van der Waals surface area (Å²) in [5.41, 5.74) is 1.28. The molecule has 0 bridgehead atoms. The van der Waals surface area contributed by atoms with Gasteiger partial charge in [-0.1, -0.05) is 23.7 Å². The smallest absolute Gasteiger partial charge is 0.308 e.